The van der Waals surface area contributed by atoms with Crippen LogP contribution in [-0.2, 0) is 9.53 Å². The highest BCUT2D eigenvalue weighted by Crippen LogP contribution is 2.38. The van der Waals surface area contributed by atoms with Crippen molar-refractivity contribution in [2.45, 2.75) is 57.7 Å². The minimum absolute atomic E-state index is 0.0994. The van der Waals surface area contributed by atoms with Crippen LogP contribution in [0, 0.1) is 308 Å². The third kappa shape index (κ3) is 31.0. The van der Waals surface area contributed by atoms with E-state index in [1.165, 1.54) is 0 Å². The fraction of sp³-hybridized carbons (Fsp3) is 0.159. The van der Waals surface area contributed by atoms with Crippen LogP contribution in [0.3, 0.4) is 0 Å². The van der Waals surface area contributed by atoms with Gasteiger partial charge in [-0.25, -0.2) is 4.79 Å². The van der Waals surface area contributed by atoms with Crippen molar-refractivity contribution in [1.29, 1.82) is 0 Å². The van der Waals surface area contributed by atoms with Crippen molar-refractivity contribution in [2.75, 3.05) is 7.05 Å². The number of terminal acetylenes is 1. The number of likely N-dealkylation sites (tertiary alicyclic amines) is 1. The molecule has 0 spiro atoms. The average Bonchev–Trinajstić information content (AvgIpc) is 3.28. The summed E-state index contributed by atoms with van der Waals surface area (Å²) in [5.41, 5.74) is -0.199. The molecular formula is C63H21NO2. The van der Waals surface area contributed by atoms with Crippen molar-refractivity contribution in [3.63, 3.8) is 0 Å². The smallest absolute Gasteiger partial charge is 0.385 e. The number of ether oxygens (including phenoxy) is 1. The number of carbonyl (C=O) groups excluding carboxylic acids is 1. The van der Waals surface area contributed by atoms with Crippen molar-refractivity contribution >= 4 is 5.97 Å². The Kier molecular flexibility index (Phi) is 28.4. The number of carbonyl (C=O) groups is 1. The highest BCUT2D eigenvalue weighted by molar-refractivity contribution is 5.89. The lowest BCUT2D eigenvalue weighted by molar-refractivity contribution is -0.151. The van der Waals surface area contributed by atoms with Crippen molar-refractivity contribution in [3.8, 4) is 308 Å². The van der Waals surface area contributed by atoms with Crippen molar-refractivity contribution in [3.05, 3.63) is 0 Å². The van der Waals surface area contributed by atoms with Gasteiger partial charge in [-0.2, -0.15) is 0 Å². The molecule has 0 unspecified atom stereocenters. The first kappa shape index (κ1) is 52.0. The van der Waals surface area contributed by atoms with E-state index in [4.69, 9.17) is 11.2 Å². The molecule has 3 heteroatoms. The SMILES string of the molecule is C#CC#CC#CC#CC#CC#CC#CC#CC#CC#CC#CC#CC#CC#CC#CC#CC#CC#CC#CC#CC#CC#CC#CC#CC#CC#CC(=O)OC1CC(C)(C)N(C)C(C)(C)C1. The molecule has 0 aromatic rings. The second-order valence-corrected chi connectivity index (χ2v) is 12.0. The molecule has 0 aliphatic carbocycles. The van der Waals surface area contributed by atoms with E-state index in [-0.39, 0.29) is 17.2 Å². The largest absolute Gasteiger partial charge is 0.453 e. The molecule has 0 saturated carbocycles. The van der Waals surface area contributed by atoms with Gasteiger partial charge in [0.25, 0.3) is 0 Å². The van der Waals surface area contributed by atoms with Gasteiger partial charge in [0, 0.05) is 231 Å². The zero-order valence-corrected chi connectivity index (χ0v) is 35.8. The summed E-state index contributed by atoms with van der Waals surface area (Å²) in [5, 5.41) is 0. The van der Waals surface area contributed by atoms with Gasteiger partial charge in [-0.1, -0.05) is 0 Å². The molecule has 0 aromatic carbocycles. The normalized spacial score (nSPS) is 9.03. The summed E-state index contributed by atoms with van der Waals surface area (Å²) in [7, 11) is 2.08. The van der Waals surface area contributed by atoms with Crippen LogP contribution in [-0.4, -0.2) is 35.1 Å². The fourth-order valence-corrected chi connectivity index (χ4v) is 4.13. The summed E-state index contributed by atoms with van der Waals surface area (Å²) in [4.78, 5) is 14.4. The van der Waals surface area contributed by atoms with E-state index >= 15 is 0 Å². The minimum atomic E-state index is -0.609. The molecule has 0 radical (unpaired) electrons. The molecule has 1 fully saturated rings. The monoisotopic (exact) mass is 823 g/mol. The number of hydrogen-bond acceptors (Lipinski definition) is 3. The second-order valence-electron chi connectivity index (χ2n) is 12.0. The van der Waals surface area contributed by atoms with Gasteiger partial charge in [0.15, 0.2) is 0 Å². The first-order valence-electron chi connectivity index (χ1n) is 18.1. The Morgan fingerprint density at radius 3 is 0.697 bits per heavy atom. The molecule has 1 rings (SSSR count). The Morgan fingerprint density at radius 1 is 0.348 bits per heavy atom. The van der Waals surface area contributed by atoms with E-state index in [2.05, 4.69) is 342 Å². The molecule has 0 bridgehead atoms. The van der Waals surface area contributed by atoms with Gasteiger partial charge < -0.3 is 4.74 Å². The van der Waals surface area contributed by atoms with Crippen LogP contribution in [0.1, 0.15) is 40.5 Å². The van der Waals surface area contributed by atoms with Gasteiger partial charge in [-0.3, -0.25) is 4.90 Å². The zero-order valence-electron chi connectivity index (χ0n) is 35.8. The van der Waals surface area contributed by atoms with E-state index in [9.17, 15) is 4.79 Å². The summed E-state index contributed by atoms with van der Waals surface area (Å²) in [6.45, 7) is 8.52. The topological polar surface area (TPSA) is 29.5 Å². The van der Waals surface area contributed by atoms with Crippen LogP contribution >= 0.6 is 0 Å². The molecule has 1 heterocycles. The van der Waals surface area contributed by atoms with E-state index in [0.717, 1.165) is 12.8 Å². The number of nitrogens with zero attached hydrogens (tertiary/aromatic N) is 1. The van der Waals surface area contributed by atoms with Gasteiger partial charge in [-0.15, -0.1) is 6.42 Å². The Labute approximate surface area is 391 Å². The molecule has 66 heavy (non-hydrogen) atoms. The molecule has 290 valence electrons. The fourth-order valence-electron chi connectivity index (χ4n) is 4.13. The van der Waals surface area contributed by atoms with Crippen LogP contribution in [0.15, 0.2) is 0 Å². The predicted octanol–water partition coefficient (Wildman–Crippen LogP) is 1.90. The van der Waals surface area contributed by atoms with Crippen LogP contribution in [0.4, 0.5) is 0 Å². The average molecular weight is 824 g/mol. The molecule has 0 N–H and O–H groups in total. The maximum atomic E-state index is 12.1. The van der Waals surface area contributed by atoms with Crippen LogP contribution in [0.5, 0.6) is 0 Å². The Hall–Kier alpha value is -12.0. The van der Waals surface area contributed by atoms with Crippen molar-refractivity contribution in [1.82, 2.24) is 4.90 Å². The van der Waals surface area contributed by atoms with Gasteiger partial charge in [0.05, 0.1) is 0 Å². The minimum Gasteiger partial charge on any atom is -0.453 e. The lowest BCUT2D eigenvalue weighted by Gasteiger charge is -2.53. The number of hydrogen-bond donors (Lipinski definition) is 0. The molecule has 1 aliphatic rings. The lowest BCUT2D eigenvalue weighted by Crippen LogP contribution is -2.60. The van der Waals surface area contributed by atoms with E-state index in [1.54, 1.807) is 0 Å². The molecule has 0 amide bonds. The first-order valence-corrected chi connectivity index (χ1v) is 18.1. The standard InChI is InChI=1S/C63H21NO2/c1-7-8-9-10-11-12-13-14-15-16-17-18-19-20-21-22-23-24-25-26-27-28-29-30-31-32-33-34-35-36-37-38-39-40-41-42-43-44-45-46-47-48-49-50-51-52-53-54-55-56-57-61(65)66-60-58-62(2,3)64(6)63(4,5)59-60/h1,60H,58-59H2,2-6H3. The second kappa shape index (κ2) is 36.1. The quantitative estimate of drug-likeness (QED) is 0.230. The summed E-state index contributed by atoms with van der Waals surface area (Å²) >= 11 is 0. The summed E-state index contributed by atoms with van der Waals surface area (Å²) < 4.78 is 5.55. The van der Waals surface area contributed by atoms with Gasteiger partial charge in [0.2, 0.25) is 0 Å². The van der Waals surface area contributed by atoms with Gasteiger partial charge in [-0.05, 0) is 129 Å². The molecule has 3 nitrogen and oxygen atoms in total. The molecular weight excluding hydrogens is 803 g/mol. The Balaban J connectivity index is 2.40. The molecule has 1 aliphatic heterocycles. The highest BCUT2D eigenvalue weighted by atomic mass is 16.5. The molecule has 1 saturated heterocycles. The Morgan fingerprint density at radius 2 is 0.515 bits per heavy atom. The van der Waals surface area contributed by atoms with Crippen LogP contribution in [0.2, 0.25) is 0 Å². The predicted molar refractivity (Wildman–Crippen MR) is 258 cm³/mol. The van der Waals surface area contributed by atoms with Gasteiger partial charge in [0.1, 0.15) is 6.10 Å². The van der Waals surface area contributed by atoms with E-state index in [0.29, 0.717) is 0 Å². The number of rotatable bonds is 1. The maximum absolute atomic E-state index is 12.1. The Bertz CT molecular complexity index is 3760. The van der Waals surface area contributed by atoms with Gasteiger partial charge >= 0.3 is 5.97 Å². The van der Waals surface area contributed by atoms with Crippen molar-refractivity contribution in [2.24, 2.45) is 0 Å². The zero-order chi connectivity index (χ0) is 47.9. The summed E-state index contributed by atoms with van der Waals surface area (Å²) in [6.07, 6.45) is 6.19. The third-order valence-electron chi connectivity index (χ3n) is 6.78. The lowest BCUT2D eigenvalue weighted by atomic mass is 9.79. The number of piperidine rings is 1. The maximum Gasteiger partial charge on any atom is 0.385 e. The summed E-state index contributed by atoms with van der Waals surface area (Å²) in [5.74, 6) is 126. The van der Waals surface area contributed by atoms with Crippen LogP contribution < -0.4 is 0 Å². The third-order valence-corrected chi connectivity index (χ3v) is 6.78. The van der Waals surface area contributed by atoms with Crippen molar-refractivity contribution < 1.29 is 9.53 Å². The summed E-state index contributed by atoms with van der Waals surface area (Å²) in [6, 6.07) is 0. The number of esters is 1. The highest BCUT2D eigenvalue weighted by Gasteiger charge is 2.44. The molecule has 0 atom stereocenters. The first-order chi connectivity index (χ1) is 32.2. The van der Waals surface area contributed by atoms with E-state index < -0.39 is 5.97 Å². The molecule has 0 aromatic heterocycles. The van der Waals surface area contributed by atoms with E-state index in [1.807, 2.05) is 0 Å². The van der Waals surface area contributed by atoms with Crippen LogP contribution in [0.25, 0.3) is 0 Å².